The van der Waals surface area contributed by atoms with E-state index in [4.69, 9.17) is 4.98 Å². The lowest BCUT2D eigenvalue weighted by molar-refractivity contribution is 0.282. The zero-order chi connectivity index (χ0) is 13.9. The first-order chi connectivity index (χ1) is 9.78. The largest absolute Gasteiger partial charge is 0.392 e. The third-order valence-corrected chi connectivity index (χ3v) is 4.15. The Morgan fingerprint density at radius 2 is 2.05 bits per heavy atom. The van der Waals surface area contributed by atoms with Crippen molar-refractivity contribution in [2.24, 2.45) is 0 Å². The summed E-state index contributed by atoms with van der Waals surface area (Å²) in [6.45, 7) is 0.804. The fourth-order valence-corrected chi connectivity index (χ4v) is 3.06. The molecule has 0 aliphatic rings. The second-order valence-electron chi connectivity index (χ2n) is 4.76. The fraction of sp³-hybridized carbons (Fsp3) is 0.188. The second-order valence-corrected chi connectivity index (χ2v) is 5.79. The predicted octanol–water partition coefficient (Wildman–Crippen LogP) is 3.43. The van der Waals surface area contributed by atoms with Gasteiger partial charge in [-0.1, -0.05) is 24.3 Å². The number of hydrogen-bond donors (Lipinski definition) is 1. The minimum absolute atomic E-state index is 0.00193. The Bertz CT molecular complexity index is 710. The van der Waals surface area contributed by atoms with Crippen molar-refractivity contribution >= 4 is 28.1 Å². The third kappa shape index (κ3) is 2.53. The molecule has 3 aromatic rings. The lowest BCUT2D eigenvalue weighted by Crippen LogP contribution is -2.19. The molecule has 0 unspecified atom stereocenters. The van der Waals surface area contributed by atoms with E-state index < -0.39 is 0 Å². The number of hydrogen-bond acceptors (Lipinski definition) is 4. The number of anilines is 1. The maximum Gasteiger partial charge on any atom is 0.134 e. The van der Waals surface area contributed by atoms with Gasteiger partial charge in [-0.2, -0.15) is 0 Å². The Morgan fingerprint density at radius 3 is 2.80 bits per heavy atom. The minimum Gasteiger partial charge on any atom is -0.392 e. The number of fused-ring (bicyclic) bond motifs is 1. The summed E-state index contributed by atoms with van der Waals surface area (Å²) in [5, 5.41) is 12.7. The van der Waals surface area contributed by atoms with Gasteiger partial charge in [0.05, 0.1) is 18.7 Å². The highest BCUT2D eigenvalue weighted by atomic mass is 32.1. The van der Waals surface area contributed by atoms with E-state index in [-0.39, 0.29) is 6.61 Å². The first-order valence-corrected chi connectivity index (χ1v) is 7.39. The number of aliphatic hydroxyl groups is 1. The van der Waals surface area contributed by atoms with Gasteiger partial charge in [-0.25, -0.2) is 4.98 Å². The Balaban J connectivity index is 2.00. The number of pyridine rings is 1. The maximum atomic E-state index is 9.59. The summed E-state index contributed by atoms with van der Waals surface area (Å²) in [7, 11) is 2.01. The summed E-state index contributed by atoms with van der Waals surface area (Å²) in [5.41, 5.74) is 1.82. The molecule has 0 radical (unpaired) electrons. The van der Waals surface area contributed by atoms with Crippen LogP contribution in [0.2, 0.25) is 0 Å². The molecule has 1 N–H and O–H groups in total. The number of rotatable bonds is 4. The van der Waals surface area contributed by atoms with Crippen LogP contribution in [0, 0.1) is 0 Å². The van der Waals surface area contributed by atoms with Gasteiger partial charge in [0.15, 0.2) is 0 Å². The van der Waals surface area contributed by atoms with E-state index >= 15 is 0 Å². The van der Waals surface area contributed by atoms with Crippen molar-refractivity contribution in [3.8, 4) is 0 Å². The average Bonchev–Trinajstić information content (AvgIpc) is 2.98. The molecule has 4 heteroatoms. The number of benzene rings is 1. The molecule has 0 saturated carbocycles. The number of aromatic nitrogens is 1. The molecule has 0 fully saturated rings. The second kappa shape index (κ2) is 5.61. The highest BCUT2D eigenvalue weighted by Gasteiger charge is 2.11. The van der Waals surface area contributed by atoms with Crippen LogP contribution in [0.4, 0.5) is 5.82 Å². The average molecular weight is 284 g/mol. The Hall–Kier alpha value is -1.91. The molecule has 2 heterocycles. The van der Waals surface area contributed by atoms with Gasteiger partial charge >= 0.3 is 0 Å². The van der Waals surface area contributed by atoms with Crippen LogP contribution in [0.1, 0.15) is 10.4 Å². The van der Waals surface area contributed by atoms with E-state index in [9.17, 15) is 5.11 Å². The normalized spacial score (nSPS) is 10.9. The van der Waals surface area contributed by atoms with Crippen molar-refractivity contribution in [1.82, 2.24) is 4.98 Å². The highest BCUT2D eigenvalue weighted by molar-refractivity contribution is 7.09. The van der Waals surface area contributed by atoms with Gasteiger partial charge in [0, 0.05) is 22.9 Å². The molecular weight excluding hydrogens is 268 g/mol. The SMILES string of the molecule is CN(Cc1cccs1)c1nc2ccccc2cc1CO. The number of para-hydroxylation sites is 1. The lowest BCUT2D eigenvalue weighted by Gasteiger charge is -2.20. The molecule has 3 nitrogen and oxygen atoms in total. The lowest BCUT2D eigenvalue weighted by atomic mass is 10.1. The molecule has 0 aliphatic carbocycles. The monoisotopic (exact) mass is 284 g/mol. The van der Waals surface area contributed by atoms with E-state index in [1.54, 1.807) is 11.3 Å². The number of nitrogens with zero attached hydrogens (tertiary/aromatic N) is 2. The van der Waals surface area contributed by atoms with Crippen LogP contribution in [-0.4, -0.2) is 17.1 Å². The topological polar surface area (TPSA) is 36.4 Å². The first-order valence-electron chi connectivity index (χ1n) is 6.51. The number of thiophene rings is 1. The summed E-state index contributed by atoms with van der Waals surface area (Å²) in [5.74, 6) is 0.847. The molecule has 2 aromatic heterocycles. The van der Waals surface area contributed by atoms with Crippen molar-refractivity contribution in [1.29, 1.82) is 0 Å². The minimum atomic E-state index is 0.00193. The predicted molar refractivity (Wildman–Crippen MR) is 84.1 cm³/mol. The van der Waals surface area contributed by atoms with Crippen molar-refractivity contribution in [2.45, 2.75) is 13.2 Å². The molecule has 0 bridgehead atoms. The third-order valence-electron chi connectivity index (χ3n) is 3.29. The summed E-state index contributed by atoms with van der Waals surface area (Å²) >= 11 is 1.73. The zero-order valence-electron chi connectivity index (χ0n) is 11.3. The van der Waals surface area contributed by atoms with E-state index in [1.165, 1.54) is 4.88 Å². The first kappa shape index (κ1) is 13.1. The van der Waals surface area contributed by atoms with Gasteiger partial charge in [0.1, 0.15) is 5.82 Å². The van der Waals surface area contributed by atoms with Gasteiger partial charge in [-0.3, -0.25) is 0 Å². The van der Waals surface area contributed by atoms with Gasteiger partial charge in [0.2, 0.25) is 0 Å². The molecule has 1 aromatic carbocycles. The van der Waals surface area contributed by atoms with Gasteiger partial charge in [-0.15, -0.1) is 11.3 Å². The summed E-state index contributed by atoms with van der Waals surface area (Å²) < 4.78 is 0. The van der Waals surface area contributed by atoms with Crippen LogP contribution in [0.3, 0.4) is 0 Å². The molecule has 0 spiro atoms. The Kier molecular flexibility index (Phi) is 3.67. The molecule has 102 valence electrons. The van der Waals surface area contributed by atoms with Gasteiger partial charge in [-0.05, 0) is 23.6 Å². The molecule has 0 saturated heterocycles. The molecule has 3 rings (SSSR count). The van der Waals surface area contributed by atoms with Gasteiger partial charge < -0.3 is 10.0 Å². The molecule has 0 aliphatic heterocycles. The van der Waals surface area contributed by atoms with Gasteiger partial charge in [0.25, 0.3) is 0 Å². The summed E-state index contributed by atoms with van der Waals surface area (Å²) in [4.78, 5) is 8.07. The standard InChI is InChI=1S/C16H16N2OS/c1-18(10-14-6-4-8-20-14)16-13(11-19)9-12-5-2-3-7-15(12)17-16/h2-9,19H,10-11H2,1H3. The molecule has 0 amide bonds. The number of aliphatic hydroxyl groups excluding tert-OH is 1. The van der Waals surface area contributed by atoms with Crippen molar-refractivity contribution in [2.75, 3.05) is 11.9 Å². The molecule has 20 heavy (non-hydrogen) atoms. The molecule has 0 atom stereocenters. The van der Waals surface area contributed by atoms with E-state index in [1.807, 2.05) is 37.4 Å². The van der Waals surface area contributed by atoms with Crippen LogP contribution in [0.5, 0.6) is 0 Å². The smallest absolute Gasteiger partial charge is 0.134 e. The fourth-order valence-electron chi connectivity index (χ4n) is 2.31. The van der Waals surface area contributed by atoms with Crippen LogP contribution < -0.4 is 4.90 Å². The zero-order valence-corrected chi connectivity index (χ0v) is 12.1. The van der Waals surface area contributed by atoms with Crippen LogP contribution in [0.25, 0.3) is 10.9 Å². The highest BCUT2D eigenvalue weighted by Crippen LogP contribution is 2.24. The van der Waals surface area contributed by atoms with Crippen LogP contribution in [-0.2, 0) is 13.2 Å². The molecular formula is C16H16N2OS. The summed E-state index contributed by atoms with van der Waals surface area (Å²) in [6, 6.07) is 14.2. The van der Waals surface area contributed by atoms with Crippen LogP contribution in [0.15, 0.2) is 47.8 Å². The van der Waals surface area contributed by atoms with Crippen molar-refractivity contribution < 1.29 is 5.11 Å². The van der Waals surface area contributed by atoms with Crippen LogP contribution >= 0.6 is 11.3 Å². The Labute approximate surface area is 122 Å². The quantitative estimate of drug-likeness (QED) is 0.797. The van der Waals surface area contributed by atoms with Crippen molar-refractivity contribution in [3.63, 3.8) is 0 Å². The van der Waals surface area contributed by atoms with E-state index in [0.29, 0.717) is 0 Å². The van der Waals surface area contributed by atoms with Crippen molar-refractivity contribution in [3.05, 3.63) is 58.3 Å². The maximum absolute atomic E-state index is 9.59. The summed E-state index contributed by atoms with van der Waals surface area (Å²) in [6.07, 6.45) is 0. The Morgan fingerprint density at radius 1 is 1.20 bits per heavy atom. The van der Waals surface area contributed by atoms with E-state index in [0.717, 1.165) is 28.8 Å². The van der Waals surface area contributed by atoms with E-state index in [2.05, 4.69) is 22.4 Å².